The van der Waals surface area contributed by atoms with Crippen molar-refractivity contribution in [3.63, 3.8) is 0 Å². The molecule has 0 radical (unpaired) electrons. The summed E-state index contributed by atoms with van der Waals surface area (Å²) in [5.74, 6) is 0.292. The Morgan fingerprint density at radius 3 is 2.00 bits per heavy atom. The standard InChI is InChI=1S/C19H36O/c1-3-5-7-8-9-10-11-12-13-15-17-19(18-20)16-14-6-4-2/h12-13,18-19H,3-11,14-17H2,1-2H3/b13-12+. The van der Waals surface area contributed by atoms with Crippen molar-refractivity contribution in [3.05, 3.63) is 12.2 Å². The van der Waals surface area contributed by atoms with Crippen LogP contribution >= 0.6 is 0 Å². The maximum atomic E-state index is 11.0. The van der Waals surface area contributed by atoms with Crippen LogP contribution in [0.25, 0.3) is 0 Å². The van der Waals surface area contributed by atoms with Gasteiger partial charge in [-0.3, -0.25) is 0 Å². The molecule has 0 aliphatic heterocycles. The highest BCUT2D eigenvalue weighted by Crippen LogP contribution is 2.14. The number of carbonyl (C=O) groups is 1. The summed E-state index contributed by atoms with van der Waals surface area (Å²) in [6.07, 6.45) is 22.1. The molecule has 0 aromatic heterocycles. The molecule has 0 saturated carbocycles. The Labute approximate surface area is 127 Å². The lowest BCUT2D eigenvalue weighted by Crippen LogP contribution is -2.01. The zero-order chi connectivity index (χ0) is 14.9. The lowest BCUT2D eigenvalue weighted by molar-refractivity contribution is -0.111. The molecule has 0 saturated heterocycles. The topological polar surface area (TPSA) is 17.1 Å². The number of allylic oxidation sites excluding steroid dienone is 2. The van der Waals surface area contributed by atoms with Crippen molar-refractivity contribution in [1.82, 2.24) is 0 Å². The van der Waals surface area contributed by atoms with Gasteiger partial charge in [-0.1, -0.05) is 77.4 Å². The van der Waals surface area contributed by atoms with Gasteiger partial charge in [0.25, 0.3) is 0 Å². The van der Waals surface area contributed by atoms with E-state index in [1.165, 1.54) is 64.2 Å². The van der Waals surface area contributed by atoms with Gasteiger partial charge >= 0.3 is 0 Å². The first-order valence-electron chi connectivity index (χ1n) is 8.95. The fourth-order valence-electron chi connectivity index (χ4n) is 2.53. The smallest absolute Gasteiger partial charge is 0.123 e. The van der Waals surface area contributed by atoms with E-state index in [9.17, 15) is 4.79 Å². The summed E-state index contributed by atoms with van der Waals surface area (Å²) in [4.78, 5) is 11.0. The molecule has 0 aromatic rings. The fourth-order valence-corrected chi connectivity index (χ4v) is 2.53. The second-order valence-corrected chi connectivity index (χ2v) is 6.00. The quantitative estimate of drug-likeness (QED) is 0.191. The van der Waals surface area contributed by atoms with Crippen LogP contribution in [0.1, 0.15) is 97.3 Å². The predicted octanol–water partition coefficient (Wildman–Crippen LogP) is 6.47. The lowest BCUT2D eigenvalue weighted by Gasteiger charge is -2.07. The summed E-state index contributed by atoms with van der Waals surface area (Å²) in [5, 5.41) is 0. The van der Waals surface area contributed by atoms with Crippen LogP contribution in [0, 0.1) is 5.92 Å². The molecule has 0 rings (SSSR count). The molecular weight excluding hydrogens is 244 g/mol. The maximum Gasteiger partial charge on any atom is 0.123 e. The largest absolute Gasteiger partial charge is 0.303 e. The van der Waals surface area contributed by atoms with E-state index in [4.69, 9.17) is 0 Å². The lowest BCUT2D eigenvalue weighted by atomic mass is 9.97. The molecule has 0 N–H and O–H groups in total. The third-order valence-corrected chi connectivity index (χ3v) is 3.97. The maximum absolute atomic E-state index is 11.0. The van der Waals surface area contributed by atoms with Gasteiger partial charge in [-0.25, -0.2) is 0 Å². The molecule has 1 nitrogen and oxygen atoms in total. The fraction of sp³-hybridized carbons (Fsp3) is 0.842. The number of unbranched alkanes of at least 4 members (excludes halogenated alkanes) is 8. The highest BCUT2D eigenvalue weighted by Gasteiger charge is 2.05. The molecule has 118 valence electrons. The third kappa shape index (κ3) is 13.8. The van der Waals surface area contributed by atoms with Crippen molar-refractivity contribution in [1.29, 1.82) is 0 Å². The molecule has 0 amide bonds. The van der Waals surface area contributed by atoms with E-state index < -0.39 is 0 Å². The van der Waals surface area contributed by atoms with Crippen LogP contribution in [-0.2, 0) is 4.79 Å². The normalized spacial score (nSPS) is 12.9. The van der Waals surface area contributed by atoms with Crippen LogP contribution in [0.2, 0.25) is 0 Å². The monoisotopic (exact) mass is 280 g/mol. The zero-order valence-electron chi connectivity index (χ0n) is 13.9. The van der Waals surface area contributed by atoms with Crippen molar-refractivity contribution < 1.29 is 4.79 Å². The number of rotatable bonds is 15. The van der Waals surface area contributed by atoms with E-state index in [1.807, 2.05) is 0 Å². The van der Waals surface area contributed by atoms with E-state index >= 15 is 0 Å². The highest BCUT2D eigenvalue weighted by atomic mass is 16.1. The summed E-state index contributed by atoms with van der Waals surface area (Å²) in [6.45, 7) is 4.47. The first-order valence-corrected chi connectivity index (χ1v) is 8.95. The molecule has 0 aromatic carbocycles. The van der Waals surface area contributed by atoms with Gasteiger partial charge in [-0.2, -0.15) is 0 Å². The summed E-state index contributed by atoms with van der Waals surface area (Å²) >= 11 is 0. The SMILES string of the molecule is CCCCCCCC/C=C/CCC(C=O)CCCCC. The van der Waals surface area contributed by atoms with Gasteiger partial charge in [0.2, 0.25) is 0 Å². The number of hydrogen-bond acceptors (Lipinski definition) is 1. The molecule has 0 fully saturated rings. The van der Waals surface area contributed by atoms with Crippen molar-refractivity contribution in [2.75, 3.05) is 0 Å². The Bertz CT molecular complexity index is 220. The second-order valence-electron chi connectivity index (χ2n) is 6.00. The minimum Gasteiger partial charge on any atom is -0.303 e. The molecular formula is C19H36O. The molecule has 0 heterocycles. The zero-order valence-corrected chi connectivity index (χ0v) is 13.9. The molecule has 1 heteroatoms. The van der Waals surface area contributed by atoms with Gasteiger partial charge in [-0.05, 0) is 32.1 Å². The minimum atomic E-state index is 0.292. The van der Waals surface area contributed by atoms with E-state index in [2.05, 4.69) is 26.0 Å². The molecule has 0 bridgehead atoms. The van der Waals surface area contributed by atoms with Gasteiger partial charge in [0.1, 0.15) is 6.29 Å². The summed E-state index contributed by atoms with van der Waals surface area (Å²) in [5.41, 5.74) is 0. The van der Waals surface area contributed by atoms with Crippen LogP contribution < -0.4 is 0 Å². The van der Waals surface area contributed by atoms with Crippen LogP contribution in [0.4, 0.5) is 0 Å². The molecule has 1 unspecified atom stereocenters. The van der Waals surface area contributed by atoms with Crippen LogP contribution in [-0.4, -0.2) is 6.29 Å². The molecule has 20 heavy (non-hydrogen) atoms. The van der Waals surface area contributed by atoms with Gasteiger partial charge in [-0.15, -0.1) is 0 Å². The summed E-state index contributed by atoms with van der Waals surface area (Å²) in [6, 6.07) is 0. The van der Waals surface area contributed by atoms with E-state index in [0.717, 1.165) is 25.5 Å². The van der Waals surface area contributed by atoms with Gasteiger partial charge < -0.3 is 4.79 Å². The third-order valence-electron chi connectivity index (χ3n) is 3.97. The van der Waals surface area contributed by atoms with Crippen molar-refractivity contribution >= 4 is 6.29 Å². The van der Waals surface area contributed by atoms with Gasteiger partial charge in [0.05, 0.1) is 0 Å². The Morgan fingerprint density at radius 2 is 1.30 bits per heavy atom. The number of hydrogen-bond donors (Lipinski definition) is 0. The minimum absolute atomic E-state index is 0.292. The average Bonchev–Trinajstić information content (AvgIpc) is 2.47. The van der Waals surface area contributed by atoms with Crippen LogP contribution in [0.15, 0.2) is 12.2 Å². The van der Waals surface area contributed by atoms with Crippen molar-refractivity contribution in [2.24, 2.45) is 5.92 Å². The Morgan fingerprint density at radius 1 is 0.700 bits per heavy atom. The van der Waals surface area contributed by atoms with Crippen molar-refractivity contribution in [2.45, 2.75) is 97.3 Å². The molecule has 0 aliphatic rings. The Balaban J connectivity index is 3.37. The first kappa shape index (κ1) is 19.4. The second kappa shape index (κ2) is 16.5. The van der Waals surface area contributed by atoms with E-state index in [-0.39, 0.29) is 0 Å². The molecule has 1 atom stereocenters. The Hall–Kier alpha value is -0.590. The number of aldehydes is 1. The van der Waals surface area contributed by atoms with Crippen LogP contribution in [0.3, 0.4) is 0 Å². The number of carbonyl (C=O) groups excluding carboxylic acids is 1. The molecule has 0 spiro atoms. The summed E-state index contributed by atoms with van der Waals surface area (Å²) < 4.78 is 0. The van der Waals surface area contributed by atoms with Crippen LogP contribution in [0.5, 0.6) is 0 Å². The summed E-state index contributed by atoms with van der Waals surface area (Å²) in [7, 11) is 0. The first-order chi connectivity index (χ1) is 9.85. The Kier molecular flexibility index (Phi) is 16.0. The predicted molar refractivity (Wildman–Crippen MR) is 90.1 cm³/mol. The molecule has 0 aliphatic carbocycles. The van der Waals surface area contributed by atoms with E-state index in [1.54, 1.807) is 0 Å². The van der Waals surface area contributed by atoms with Crippen molar-refractivity contribution in [3.8, 4) is 0 Å². The average molecular weight is 280 g/mol. The van der Waals surface area contributed by atoms with Gasteiger partial charge in [0, 0.05) is 5.92 Å². The van der Waals surface area contributed by atoms with Gasteiger partial charge in [0.15, 0.2) is 0 Å². The highest BCUT2D eigenvalue weighted by molar-refractivity contribution is 5.53. The van der Waals surface area contributed by atoms with E-state index in [0.29, 0.717) is 5.92 Å².